The lowest BCUT2D eigenvalue weighted by Gasteiger charge is -2.28. The van der Waals surface area contributed by atoms with Crippen molar-refractivity contribution >= 4 is 22.6 Å². The topological polar surface area (TPSA) is 95.7 Å². The Hall–Kier alpha value is -3.19. The van der Waals surface area contributed by atoms with Crippen LogP contribution >= 0.6 is 0 Å². The molecule has 0 bridgehead atoms. The third-order valence-electron chi connectivity index (χ3n) is 5.31. The number of fused-ring (bicyclic) bond motifs is 2. The lowest BCUT2D eigenvalue weighted by molar-refractivity contribution is 0.0674. The Labute approximate surface area is 161 Å². The van der Waals surface area contributed by atoms with Crippen LogP contribution in [0.5, 0.6) is 0 Å². The van der Waals surface area contributed by atoms with Crippen molar-refractivity contribution in [3.8, 4) is 0 Å². The number of amides is 1. The highest BCUT2D eigenvalue weighted by molar-refractivity contribution is 6.08. The molecule has 1 aliphatic heterocycles. The number of carbonyl (C=O) groups is 2. The number of hydrogen-bond donors (Lipinski definition) is 2. The number of carbonyl (C=O) groups excluding carboxylic acids is 1. The predicted octanol–water partition coefficient (Wildman–Crippen LogP) is 2.23. The van der Waals surface area contributed by atoms with Crippen LogP contribution in [-0.4, -0.2) is 49.9 Å². The number of aromatic carboxylic acids is 1. The lowest BCUT2D eigenvalue weighted by Crippen LogP contribution is -2.37. The van der Waals surface area contributed by atoms with E-state index in [0.29, 0.717) is 24.1 Å². The molecule has 0 fully saturated rings. The van der Waals surface area contributed by atoms with Crippen LogP contribution in [0.25, 0.3) is 10.8 Å². The molecule has 0 aliphatic carbocycles. The number of carboxylic acids is 1. The first-order valence-electron chi connectivity index (χ1n) is 9.21. The van der Waals surface area contributed by atoms with E-state index in [4.69, 9.17) is 0 Å². The maximum atomic E-state index is 13.3. The van der Waals surface area contributed by atoms with Crippen LogP contribution in [0.2, 0.25) is 0 Å². The van der Waals surface area contributed by atoms with Crippen LogP contribution in [0.15, 0.2) is 36.4 Å². The first kappa shape index (κ1) is 18.2. The van der Waals surface area contributed by atoms with E-state index in [-0.39, 0.29) is 31.3 Å². The SMILES string of the molecule is Cc1ccc(C(=O)N2CCc3c(c(C(=O)O)nn3CCO)C2)c2ccccc12. The maximum absolute atomic E-state index is 13.3. The fraction of sp³-hybridized carbons (Fsp3) is 0.286. The van der Waals surface area contributed by atoms with Gasteiger partial charge in [0.2, 0.25) is 0 Å². The molecule has 1 aliphatic rings. The molecular formula is C21H21N3O4. The van der Waals surface area contributed by atoms with Crippen molar-refractivity contribution in [1.29, 1.82) is 0 Å². The van der Waals surface area contributed by atoms with Crippen molar-refractivity contribution in [2.45, 2.75) is 26.4 Å². The molecule has 2 aromatic carbocycles. The van der Waals surface area contributed by atoms with E-state index in [1.165, 1.54) is 0 Å². The molecule has 2 N–H and O–H groups in total. The van der Waals surface area contributed by atoms with E-state index >= 15 is 0 Å². The molecule has 1 amide bonds. The van der Waals surface area contributed by atoms with Crippen LogP contribution in [0.1, 0.15) is 37.7 Å². The molecule has 2 heterocycles. The van der Waals surface area contributed by atoms with Gasteiger partial charge >= 0.3 is 5.97 Å². The zero-order valence-electron chi connectivity index (χ0n) is 15.6. The van der Waals surface area contributed by atoms with Gasteiger partial charge in [0.05, 0.1) is 19.7 Å². The quantitative estimate of drug-likeness (QED) is 0.725. The van der Waals surface area contributed by atoms with Crippen molar-refractivity contribution in [1.82, 2.24) is 14.7 Å². The summed E-state index contributed by atoms with van der Waals surface area (Å²) >= 11 is 0. The summed E-state index contributed by atoms with van der Waals surface area (Å²) in [5.41, 5.74) is 3.01. The van der Waals surface area contributed by atoms with Gasteiger partial charge in [0.25, 0.3) is 5.91 Å². The van der Waals surface area contributed by atoms with E-state index in [1.807, 2.05) is 43.3 Å². The molecule has 0 atom stereocenters. The average molecular weight is 379 g/mol. The number of carboxylic acid groups (broad SMARTS) is 1. The van der Waals surface area contributed by atoms with Crippen molar-refractivity contribution in [3.05, 3.63) is 64.5 Å². The molecule has 0 unspecified atom stereocenters. The second-order valence-electron chi connectivity index (χ2n) is 6.98. The fourth-order valence-electron chi connectivity index (χ4n) is 3.92. The Kier molecular flexibility index (Phi) is 4.60. The monoisotopic (exact) mass is 379 g/mol. The maximum Gasteiger partial charge on any atom is 0.356 e. The smallest absolute Gasteiger partial charge is 0.356 e. The number of benzene rings is 2. The number of nitrogens with zero attached hydrogens (tertiary/aromatic N) is 3. The molecular weight excluding hydrogens is 358 g/mol. The molecule has 7 nitrogen and oxygen atoms in total. The van der Waals surface area contributed by atoms with Crippen molar-refractivity contribution in [3.63, 3.8) is 0 Å². The first-order valence-corrected chi connectivity index (χ1v) is 9.21. The molecule has 3 aromatic rings. The van der Waals surface area contributed by atoms with Crippen LogP contribution < -0.4 is 0 Å². The second-order valence-corrected chi connectivity index (χ2v) is 6.98. The molecule has 7 heteroatoms. The number of rotatable bonds is 4. The molecule has 0 saturated carbocycles. The summed E-state index contributed by atoms with van der Waals surface area (Å²) in [5.74, 6) is -1.24. The highest BCUT2D eigenvalue weighted by atomic mass is 16.4. The number of aromatic nitrogens is 2. The first-order chi connectivity index (χ1) is 13.5. The van der Waals surface area contributed by atoms with Gasteiger partial charge in [0, 0.05) is 29.8 Å². The lowest BCUT2D eigenvalue weighted by atomic mass is 9.98. The Morgan fingerprint density at radius 2 is 1.89 bits per heavy atom. The van der Waals surface area contributed by atoms with Crippen LogP contribution in [0, 0.1) is 6.92 Å². The van der Waals surface area contributed by atoms with E-state index in [1.54, 1.807) is 9.58 Å². The van der Waals surface area contributed by atoms with Crippen molar-refractivity contribution in [2.24, 2.45) is 0 Å². The van der Waals surface area contributed by atoms with Gasteiger partial charge in [-0.1, -0.05) is 30.3 Å². The number of aliphatic hydroxyl groups is 1. The Balaban J connectivity index is 1.71. The predicted molar refractivity (Wildman–Crippen MR) is 103 cm³/mol. The minimum atomic E-state index is -1.12. The van der Waals surface area contributed by atoms with Gasteiger partial charge in [-0.05, 0) is 29.3 Å². The summed E-state index contributed by atoms with van der Waals surface area (Å²) in [6.45, 7) is 2.81. The molecule has 28 heavy (non-hydrogen) atoms. The summed E-state index contributed by atoms with van der Waals surface area (Å²) in [5, 5.41) is 24.8. The normalized spacial score (nSPS) is 13.6. The van der Waals surface area contributed by atoms with Gasteiger partial charge in [-0.2, -0.15) is 5.10 Å². The highest BCUT2D eigenvalue weighted by Gasteiger charge is 2.30. The molecule has 0 saturated heterocycles. The number of aryl methyl sites for hydroxylation is 1. The van der Waals surface area contributed by atoms with Gasteiger partial charge in [0.1, 0.15) is 0 Å². The Bertz CT molecular complexity index is 1090. The average Bonchev–Trinajstić information content (AvgIpc) is 3.06. The fourth-order valence-corrected chi connectivity index (χ4v) is 3.92. The molecule has 144 valence electrons. The third-order valence-corrected chi connectivity index (χ3v) is 5.31. The highest BCUT2D eigenvalue weighted by Crippen LogP contribution is 2.27. The molecule has 0 spiro atoms. The molecule has 4 rings (SSSR count). The Morgan fingerprint density at radius 1 is 1.14 bits per heavy atom. The summed E-state index contributed by atoms with van der Waals surface area (Å²) < 4.78 is 1.54. The van der Waals surface area contributed by atoms with Crippen LogP contribution in [0.4, 0.5) is 0 Å². The van der Waals surface area contributed by atoms with Crippen molar-refractivity contribution < 1.29 is 19.8 Å². The second kappa shape index (κ2) is 7.09. The summed E-state index contributed by atoms with van der Waals surface area (Å²) in [6, 6.07) is 11.6. The van der Waals surface area contributed by atoms with Crippen LogP contribution in [0.3, 0.4) is 0 Å². The summed E-state index contributed by atoms with van der Waals surface area (Å²) in [4.78, 5) is 26.5. The van der Waals surface area contributed by atoms with Gasteiger partial charge in [-0.3, -0.25) is 9.48 Å². The largest absolute Gasteiger partial charge is 0.476 e. The van der Waals surface area contributed by atoms with E-state index in [2.05, 4.69) is 5.10 Å². The summed E-state index contributed by atoms with van der Waals surface area (Å²) in [7, 11) is 0. The third kappa shape index (κ3) is 2.93. The molecule has 1 aromatic heterocycles. The zero-order valence-corrected chi connectivity index (χ0v) is 15.6. The molecule has 0 radical (unpaired) electrons. The Morgan fingerprint density at radius 3 is 2.61 bits per heavy atom. The van der Waals surface area contributed by atoms with E-state index < -0.39 is 5.97 Å². The summed E-state index contributed by atoms with van der Waals surface area (Å²) in [6.07, 6.45) is 0.505. The zero-order chi connectivity index (χ0) is 19.8. The van der Waals surface area contributed by atoms with Gasteiger partial charge < -0.3 is 15.1 Å². The minimum Gasteiger partial charge on any atom is -0.476 e. The number of hydrogen-bond acceptors (Lipinski definition) is 4. The van der Waals surface area contributed by atoms with Crippen molar-refractivity contribution in [2.75, 3.05) is 13.2 Å². The standard InChI is InChI=1S/C21H21N3O4/c1-13-6-7-16(15-5-3-2-4-14(13)15)20(26)23-9-8-18-17(12-23)19(21(27)28)22-24(18)10-11-25/h2-7,25H,8-12H2,1H3,(H,27,28). The number of aliphatic hydroxyl groups excluding tert-OH is 1. The van der Waals surface area contributed by atoms with E-state index in [0.717, 1.165) is 22.0 Å². The van der Waals surface area contributed by atoms with Gasteiger partial charge in [-0.25, -0.2) is 4.79 Å². The van der Waals surface area contributed by atoms with E-state index in [9.17, 15) is 19.8 Å². The minimum absolute atomic E-state index is 0.0466. The van der Waals surface area contributed by atoms with Crippen LogP contribution in [-0.2, 0) is 19.5 Å². The van der Waals surface area contributed by atoms with Gasteiger partial charge in [-0.15, -0.1) is 0 Å². The van der Waals surface area contributed by atoms with Gasteiger partial charge in [0.15, 0.2) is 5.69 Å².